The molecule has 0 saturated carbocycles. The third kappa shape index (κ3) is 8.59. The smallest absolute Gasteiger partial charge is 0.341 e. The molecule has 0 aliphatic carbocycles. The maximum atomic E-state index is 13.4. The van der Waals surface area contributed by atoms with Crippen molar-refractivity contribution in [2.24, 2.45) is 0 Å². The quantitative estimate of drug-likeness (QED) is 0.0934. The van der Waals surface area contributed by atoms with Crippen molar-refractivity contribution in [1.82, 2.24) is 10.2 Å². The fourth-order valence-corrected chi connectivity index (χ4v) is 7.76. The van der Waals surface area contributed by atoms with Crippen LogP contribution in [-0.2, 0) is 32.1 Å². The van der Waals surface area contributed by atoms with Gasteiger partial charge in [-0.2, -0.15) is 11.3 Å². The molecule has 3 N–H and O–H groups in total. The molecular weight excluding hydrogens is 669 g/mol. The van der Waals surface area contributed by atoms with E-state index in [1.807, 2.05) is 22.9 Å². The second-order valence-electron chi connectivity index (χ2n) is 10.8. The highest BCUT2D eigenvalue weighted by atomic mass is 32.2. The Morgan fingerprint density at radius 1 is 1.04 bits per heavy atom. The molecule has 2 aromatic heterocycles. The van der Waals surface area contributed by atoms with Gasteiger partial charge in [0.1, 0.15) is 10.7 Å². The number of carbonyl (C=O) groups excluding carboxylic acids is 5. The number of rotatable bonds is 11. The van der Waals surface area contributed by atoms with Gasteiger partial charge in [-0.3, -0.25) is 19.2 Å². The molecule has 3 heterocycles. The number of amides is 4. The van der Waals surface area contributed by atoms with Crippen molar-refractivity contribution in [2.45, 2.75) is 43.9 Å². The Labute approximate surface area is 290 Å². The topological polar surface area (TPSA) is 134 Å². The van der Waals surface area contributed by atoms with E-state index in [-0.39, 0.29) is 24.1 Å². The second-order valence-corrected chi connectivity index (χ2v) is 14.1. The lowest BCUT2D eigenvalue weighted by Gasteiger charge is -2.25. The number of fused-ring (bicyclic) bond motifs is 1. The molecule has 2 aromatic carbocycles. The molecule has 4 aromatic rings. The summed E-state index contributed by atoms with van der Waals surface area (Å²) < 4.78 is 5.31. The van der Waals surface area contributed by atoms with Crippen LogP contribution in [0.1, 0.15) is 57.5 Å². The maximum absolute atomic E-state index is 13.4. The zero-order chi connectivity index (χ0) is 34.2. The maximum Gasteiger partial charge on any atom is 0.341 e. The number of hydrogen-bond acceptors (Lipinski definition) is 9. The van der Waals surface area contributed by atoms with Gasteiger partial charge < -0.3 is 25.6 Å². The van der Waals surface area contributed by atoms with E-state index in [4.69, 9.17) is 4.74 Å². The lowest BCUT2D eigenvalue weighted by atomic mass is 10.0. The van der Waals surface area contributed by atoms with Crippen LogP contribution in [-0.4, -0.2) is 52.9 Å². The molecule has 0 saturated heterocycles. The molecule has 0 fully saturated rings. The van der Waals surface area contributed by atoms with Gasteiger partial charge in [-0.1, -0.05) is 24.3 Å². The average molecular weight is 703 g/mol. The Morgan fingerprint density at radius 2 is 1.83 bits per heavy atom. The number of ether oxygens (including phenoxy) is 1. The predicted octanol–water partition coefficient (Wildman–Crippen LogP) is 6.42. The first-order chi connectivity index (χ1) is 23.1. The van der Waals surface area contributed by atoms with Crippen LogP contribution in [0.3, 0.4) is 0 Å². The van der Waals surface area contributed by atoms with Crippen LogP contribution >= 0.6 is 34.4 Å². The monoisotopic (exact) mass is 702 g/mol. The highest BCUT2D eigenvalue weighted by molar-refractivity contribution is 8.00. The second kappa shape index (κ2) is 15.9. The van der Waals surface area contributed by atoms with Gasteiger partial charge in [0.2, 0.25) is 11.8 Å². The number of hydrogen-bond donors (Lipinski definition) is 3. The number of thioether (sulfide) groups is 1. The zero-order valence-corrected chi connectivity index (χ0v) is 29.0. The molecule has 248 valence electrons. The average Bonchev–Trinajstić information content (AvgIpc) is 3.72. The predicted molar refractivity (Wildman–Crippen MR) is 190 cm³/mol. The highest BCUT2D eigenvalue weighted by Crippen LogP contribution is 2.38. The molecule has 1 unspecified atom stereocenters. The van der Waals surface area contributed by atoms with E-state index in [0.717, 1.165) is 20.9 Å². The Balaban J connectivity index is 1.28. The summed E-state index contributed by atoms with van der Waals surface area (Å²) in [6.07, 6.45) is 2.11. The number of thiophene rings is 2. The molecule has 13 heteroatoms. The number of esters is 1. The standard InChI is InChI=1S/C35H34N4O6S3/c1-4-45-35(44)30-27-13-15-39(22(3)40)19-29(27)48-34(30)38-31(41)21(2)47-26-12-8-11-25(18-26)36-33(43)28(17-23-14-16-46-20-23)37-32(42)24-9-6-5-7-10-24/h5-12,14,16-18,20-21H,4,13,15,19H2,1-3H3,(H,36,43)(H,37,42)(H,38,41)/b28-17-. The van der Waals surface area contributed by atoms with Crippen molar-refractivity contribution < 1.29 is 28.7 Å². The number of benzene rings is 2. The molecule has 1 atom stereocenters. The van der Waals surface area contributed by atoms with Crippen molar-refractivity contribution in [3.63, 3.8) is 0 Å². The molecule has 1 aliphatic rings. The third-order valence-corrected chi connectivity index (χ3v) is 10.3. The van der Waals surface area contributed by atoms with Crippen LogP contribution in [0.2, 0.25) is 0 Å². The molecule has 4 amide bonds. The van der Waals surface area contributed by atoms with E-state index in [2.05, 4.69) is 16.0 Å². The summed E-state index contributed by atoms with van der Waals surface area (Å²) in [5.74, 6) is -1.78. The van der Waals surface area contributed by atoms with E-state index in [0.29, 0.717) is 41.3 Å². The summed E-state index contributed by atoms with van der Waals surface area (Å²) in [6.45, 7) is 6.05. The van der Waals surface area contributed by atoms with Gasteiger partial charge in [-0.15, -0.1) is 23.1 Å². The number of nitrogens with zero attached hydrogens (tertiary/aromatic N) is 1. The van der Waals surface area contributed by atoms with Gasteiger partial charge >= 0.3 is 5.97 Å². The van der Waals surface area contributed by atoms with Gasteiger partial charge in [-0.05, 0) is 84.6 Å². The molecule has 10 nitrogen and oxygen atoms in total. The van der Waals surface area contributed by atoms with E-state index in [9.17, 15) is 24.0 Å². The van der Waals surface area contributed by atoms with E-state index >= 15 is 0 Å². The molecular formula is C35H34N4O6S3. The molecule has 0 bridgehead atoms. The first kappa shape index (κ1) is 34.6. The van der Waals surface area contributed by atoms with E-state index in [1.165, 1.54) is 41.4 Å². The highest BCUT2D eigenvalue weighted by Gasteiger charge is 2.31. The Hall–Kier alpha value is -4.72. The Morgan fingerprint density at radius 3 is 2.54 bits per heavy atom. The molecule has 48 heavy (non-hydrogen) atoms. The van der Waals surface area contributed by atoms with E-state index < -0.39 is 23.0 Å². The van der Waals surface area contributed by atoms with Crippen molar-refractivity contribution in [1.29, 1.82) is 0 Å². The number of anilines is 2. The zero-order valence-electron chi connectivity index (χ0n) is 26.5. The van der Waals surface area contributed by atoms with Crippen LogP contribution in [0, 0.1) is 0 Å². The fraction of sp³-hybridized carbons (Fsp3) is 0.229. The minimum Gasteiger partial charge on any atom is -0.462 e. The number of carbonyl (C=O) groups is 5. The van der Waals surface area contributed by atoms with Crippen LogP contribution in [0.5, 0.6) is 0 Å². The summed E-state index contributed by atoms with van der Waals surface area (Å²) in [5, 5.41) is 12.1. The van der Waals surface area contributed by atoms with Crippen molar-refractivity contribution in [3.8, 4) is 0 Å². The van der Waals surface area contributed by atoms with Crippen LogP contribution < -0.4 is 16.0 Å². The van der Waals surface area contributed by atoms with Crippen molar-refractivity contribution in [2.75, 3.05) is 23.8 Å². The number of nitrogens with one attached hydrogen (secondary N) is 3. The Kier molecular flexibility index (Phi) is 11.5. The van der Waals surface area contributed by atoms with Crippen LogP contribution in [0.4, 0.5) is 10.7 Å². The van der Waals surface area contributed by atoms with Gasteiger partial charge in [0.05, 0.1) is 24.0 Å². The van der Waals surface area contributed by atoms with Crippen molar-refractivity contribution in [3.05, 3.63) is 104 Å². The molecule has 1 aliphatic heterocycles. The van der Waals surface area contributed by atoms with E-state index in [1.54, 1.807) is 73.4 Å². The lowest BCUT2D eigenvalue weighted by Crippen LogP contribution is -2.34. The fourth-order valence-electron chi connectivity index (χ4n) is 4.96. The SMILES string of the molecule is CCOC(=O)c1c(NC(=O)C(C)Sc2cccc(NC(=O)/C(=C/c3ccsc3)NC(=O)c3ccccc3)c2)sc2c1CCN(C(C)=O)C2. The first-order valence-electron chi connectivity index (χ1n) is 15.2. The van der Waals surface area contributed by atoms with Gasteiger partial charge in [-0.25, -0.2) is 4.79 Å². The van der Waals surface area contributed by atoms with Gasteiger partial charge in [0.15, 0.2) is 0 Å². The van der Waals surface area contributed by atoms with Crippen LogP contribution in [0.25, 0.3) is 6.08 Å². The van der Waals surface area contributed by atoms with Gasteiger partial charge in [0.25, 0.3) is 11.8 Å². The summed E-state index contributed by atoms with van der Waals surface area (Å²) in [4.78, 5) is 67.9. The van der Waals surface area contributed by atoms with Crippen molar-refractivity contribution >= 4 is 80.8 Å². The first-order valence-corrected chi connectivity index (χ1v) is 17.8. The normalized spacial score (nSPS) is 13.2. The lowest BCUT2D eigenvalue weighted by molar-refractivity contribution is -0.129. The molecule has 0 spiro atoms. The minimum absolute atomic E-state index is 0.0487. The Bertz CT molecular complexity index is 1850. The van der Waals surface area contributed by atoms with Crippen LogP contribution in [0.15, 0.2) is 82.0 Å². The summed E-state index contributed by atoms with van der Waals surface area (Å²) in [5.41, 5.74) is 2.91. The summed E-state index contributed by atoms with van der Waals surface area (Å²) in [6, 6.07) is 17.5. The minimum atomic E-state index is -0.571. The third-order valence-electron chi connectivity index (χ3n) is 7.38. The molecule has 0 radical (unpaired) electrons. The molecule has 5 rings (SSSR count). The summed E-state index contributed by atoms with van der Waals surface area (Å²) in [7, 11) is 0. The van der Waals surface area contributed by atoms with Gasteiger partial charge in [0, 0.05) is 34.5 Å². The largest absolute Gasteiger partial charge is 0.462 e. The summed E-state index contributed by atoms with van der Waals surface area (Å²) >= 11 is 4.05.